The van der Waals surface area contributed by atoms with Crippen LogP contribution in [0.4, 0.5) is 0 Å². The fourth-order valence-corrected chi connectivity index (χ4v) is 3.93. The van der Waals surface area contributed by atoms with Gasteiger partial charge in [0.1, 0.15) is 13.2 Å². The summed E-state index contributed by atoms with van der Waals surface area (Å²) >= 11 is 0. The van der Waals surface area contributed by atoms with Gasteiger partial charge in [-0.2, -0.15) is 0 Å². The van der Waals surface area contributed by atoms with E-state index in [0.29, 0.717) is 47.3 Å². The van der Waals surface area contributed by atoms with Crippen LogP contribution in [0, 0.1) is 13.8 Å². The van der Waals surface area contributed by atoms with E-state index in [2.05, 4.69) is 0 Å². The van der Waals surface area contributed by atoms with Crippen LogP contribution >= 0.6 is 0 Å². The van der Waals surface area contributed by atoms with Crippen LogP contribution in [0.5, 0.6) is 23.0 Å². The number of nitrogens with zero attached hydrogens (tertiary/aromatic N) is 1. The Balaban J connectivity index is 1.31. The molecule has 164 valence electrons. The first-order valence-corrected chi connectivity index (χ1v) is 10.2. The van der Waals surface area contributed by atoms with Crippen molar-refractivity contribution in [3.8, 4) is 28.7 Å². The van der Waals surface area contributed by atoms with Gasteiger partial charge in [0, 0.05) is 28.7 Å². The quantitative estimate of drug-likeness (QED) is 0.447. The van der Waals surface area contributed by atoms with E-state index in [1.807, 2.05) is 36.6 Å². The summed E-state index contributed by atoms with van der Waals surface area (Å²) in [5.74, 6) is 1.55. The predicted octanol–water partition coefficient (Wildman–Crippen LogP) is 3.63. The maximum absolute atomic E-state index is 12.8. The zero-order valence-corrected chi connectivity index (χ0v) is 17.7. The predicted molar refractivity (Wildman–Crippen MR) is 113 cm³/mol. The Hall–Kier alpha value is -3.94. The highest BCUT2D eigenvalue weighted by atomic mass is 16.7. The van der Waals surface area contributed by atoms with E-state index in [1.165, 1.54) is 0 Å². The van der Waals surface area contributed by atoms with E-state index in [-0.39, 0.29) is 19.2 Å². The van der Waals surface area contributed by atoms with Crippen LogP contribution in [-0.4, -0.2) is 42.9 Å². The molecule has 0 saturated carbocycles. The second-order valence-electron chi connectivity index (χ2n) is 7.52. The van der Waals surface area contributed by atoms with Gasteiger partial charge in [0.05, 0.1) is 5.56 Å². The molecule has 0 fully saturated rings. The van der Waals surface area contributed by atoms with E-state index in [4.69, 9.17) is 23.7 Å². The molecule has 8 nitrogen and oxygen atoms in total. The summed E-state index contributed by atoms with van der Waals surface area (Å²) < 4.78 is 29.0. The van der Waals surface area contributed by atoms with Crippen LogP contribution in [0.3, 0.4) is 0 Å². The van der Waals surface area contributed by atoms with E-state index >= 15 is 0 Å². The van der Waals surface area contributed by atoms with Gasteiger partial charge >= 0.3 is 5.97 Å². The first-order valence-electron chi connectivity index (χ1n) is 10.2. The van der Waals surface area contributed by atoms with E-state index in [1.54, 1.807) is 24.3 Å². The summed E-state index contributed by atoms with van der Waals surface area (Å²) in [6.45, 7) is 4.49. The van der Waals surface area contributed by atoms with Crippen molar-refractivity contribution < 1.29 is 33.3 Å². The van der Waals surface area contributed by atoms with Crippen LogP contribution in [0.2, 0.25) is 0 Å². The van der Waals surface area contributed by atoms with Gasteiger partial charge in [-0.05, 0) is 50.2 Å². The summed E-state index contributed by atoms with van der Waals surface area (Å²) in [7, 11) is 0. The van der Waals surface area contributed by atoms with Gasteiger partial charge < -0.3 is 28.3 Å². The molecule has 0 radical (unpaired) electrons. The highest BCUT2D eigenvalue weighted by molar-refractivity contribution is 6.00. The number of ketones is 1. The number of hydrogen-bond acceptors (Lipinski definition) is 7. The zero-order valence-electron chi connectivity index (χ0n) is 17.7. The van der Waals surface area contributed by atoms with Gasteiger partial charge in [0.2, 0.25) is 12.6 Å². The molecule has 0 aliphatic carbocycles. The topological polar surface area (TPSA) is 85.2 Å². The lowest BCUT2D eigenvalue weighted by molar-refractivity contribution is 0.0473. The molecule has 8 heteroatoms. The molecule has 2 aliphatic rings. The van der Waals surface area contributed by atoms with Crippen LogP contribution in [0.15, 0.2) is 42.5 Å². The second kappa shape index (κ2) is 7.96. The maximum atomic E-state index is 12.8. The number of aryl methyl sites for hydroxylation is 1. The number of ether oxygens (including phenoxy) is 5. The maximum Gasteiger partial charge on any atom is 0.338 e. The van der Waals surface area contributed by atoms with Crippen molar-refractivity contribution in [2.45, 2.75) is 13.8 Å². The molecule has 0 saturated heterocycles. The molecule has 1 aromatic heterocycles. The third kappa shape index (κ3) is 3.53. The molecule has 2 aromatic carbocycles. The highest BCUT2D eigenvalue weighted by Crippen LogP contribution is 2.35. The number of rotatable bonds is 5. The average Bonchev–Trinajstić information content (AvgIpc) is 3.39. The van der Waals surface area contributed by atoms with Crippen molar-refractivity contribution in [1.29, 1.82) is 0 Å². The fraction of sp³-hybridized carbons (Fsp3) is 0.250. The molecule has 3 heterocycles. The van der Waals surface area contributed by atoms with Crippen molar-refractivity contribution in [2.24, 2.45) is 0 Å². The molecule has 5 rings (SSSR count). The second-order valence-corrected chi connectivity index (χ2v) is 7.52. The van der Waals surface area contributed by atoms with Crippen molar-refractivity contribution in [3.63, 3.8) is 0 Å². The van der Waals surface area contributed by atoms with Crippen LogP contribution in [-0.2, 0) is 4.74 Å². The smallest absolute Gasteiger partial charge is 0.338 e. The minimum absolute atomic E-state index is 0.195. The molecule has 0 atom stereocenters. The van der Waals surface area contributed by atoms with Crippen LogP contribution in [0.1, 0.15) is 32.1 Å². The Morgan fingerprint density at radius 3 is 2.41 bits per heavy atom. The summed E-state index contributed by atoms with van der Waals surface area (Å²) in [4.78, 5) is 25.3. The number of carbonyl (C=O) groups excluding carboxylic acids is 2. The average molecular weight is 435 g/mol. The SMILES string of the molecule is Cc1cc(C(=O)COC(=O)c2ccc3c(c2)OCCO3)c(C)n1-c1ccc2c(c1)OCO2. The summed E-state index contributed by atoms with van der Waals surface area (Å²) in [5, 5.41) is 0. The molecule has 0 spiro atoms. The highest BCUT2D eigenvalue weighted by Gasteiger charge is 2.21. The summed E-state index contributed by atoms with van der Waals surface area (Å²) in [5.41, 5.74) is 3.28. The molecule has 0 bridgehead atoms. The third-order valence-electron chi connectivity index (χ3n) is 5.46. The fourth-order valence-electron chi connectivity index (χ4n) is 3.93. The summed E-state index contributed by atoms with van der Waals surface area (Å²) in [6, 6.07) is 12.2. The summed E-state index contributed by atoms with van der Waals surface area (Å²) in [6.07, 6.45) is 0. The Bertz CT molecular complexity index is 1230. The first-order chi connectivity index (χ1) is 15.5. The lowest BCUT2D eigenvalue weighted by atomic mass is 10.1. The minimum atomic E-state index is -0.597. The molecule has 2 aliphatic heterocycles. The van der Waals surface area contributed by atoms with E-state index in [9.17, 15) is 9.59 Å². The van der Waals surface area contributed by atoms with Gasteiger partial charge in [-0.1, -0.05) is 0 Å². The number of aromatic nitrogens is 1. The van der Waals surface area contributed by atoms with Gasteiger partial charge in [-0.3, -0.25) is 4.79 Å². The van der Waals surface area contributed by atoms with Crippen molar-refractivity contribution in [2.75, 3.05) is 26.6 Å². The lowest BCUT2D eigenvalue weighted by Gasteiger charge is -2.18. The van der Waals surface area contributed by atoms with Crippen LogP contribution < -0.4 is 18.9 Å². The minimum Gasteiger partial charge on any atom is -0.486 e. The number of benzene rings is 2. The largest absolute Gasteiger partial charge is 0.486 e. The Labute approximate surface area is 184 Å². The van der Waals surface area contributed by atoms with Gasteiger partial charge in [-0.15, -0.1) is 0 Å². The van der Waals surface area contributed by atoms with Crippen molar-refractivity contribution in [3.05, 3.63) is 65.0 Å². The first kappa shape index (κ1) is 20.0. The van der Waals surface area contributed by atoms with E-state index < -0.39 is 5.97 Å². The van der Waals surface area contributed by atoms with Gasteiger partial charge in [-0.25, -0.2) is 4.79 Å². The standard InChI is InChI=1S/C24H21NO7/c1-14-9-18(15(2)25(14)17-4-6-21-23(11-17)32-13-31-21)19(26)12-30-24(27)16-3-5-20-22(10-16)29-8-7-28-20/h3-6,9-11H,7-8,12-13H2,1-2H3. The molecule has 3 aromatic rings. The molecule has 0 unspecified atom stereocenters. The molecule has 0 N–H and O–H groups in total. The molecular weight excluding hydrogens is 414 g/mol. The van der Waals surface area contributed by atoms with Gasteiger partial charge in [0.25, 0.3) is 0 Å². The number of hydrogen-bond donors (Lipinski definition) is 0. The Kier molecular flexibility index (Phi) is 4.97. The number of esters is 1. The molecule has 0 amide bonds. The van der Waals surface area contributed by atoms with Crippen molar-refractivity contribution >= 4 is 11.8 Å². The number of carbonyl (C=O) groups is 2. The number of Topliss-reactive ketones (excluding diaryl/α,β-unsaturated/α-hetero) is 1. The number of fused-ring (bicyclic) bond motifs is 2. The van der Waals surface area contributed by atoms with Gasteiger partial charge in [0.15, 0.2) is 29.6 Å². The molecular formula is C24H21NO7. The molecule has 32 heavy (non-hydrogen) atoms. The van der Waals surface area contributed by atoms with Crippen molar-refractivity contribution in [1.82, 2.24) is 4.57 Å². The third-order valence-corrected chi connectivity index (χ3v) is 5.46. The Morgan fingerprint density at radius 1 is 0.875 bits per heavy atom. The van der Waals surface area contributed by atoms with Crippen LogP contribution in [0.25, 0.3) is 5.69 Å². The monoisotopic (exact) mass is 435 g/mol. The normalized spacial score (nSPS) is 13.7. The Morgan fingerprint density at radius 2 is 1.56 bits per heavy atom. The van der Waals surface area contributed by atoms with E-state index in [0.717, 1.165) is 17.1 Å². The lowest BCUT2D eigenvalue weighted by Crippen LogP contribution is -2.17. The zero-order chi connectivity index (χ0) is 22.2.